The number of sulfonamides is 1. The summed E-state index contributed by atoms with van der Waals surface area (Å²) in [5.41, 5.74) is 0.407. The van der Waals surface area contributed by atoms with Crippen LogP contribution in [0.4, 0.5) is 13.2 Å². The summed E-state index contributed by atoms with van der Waals surface area (Å²) in [6, 6.07) is 2.77. The van der Waals surface area contributed by atoms with Gasteiger partial charge in [-0.15, -0.1) is 11.3 Å². The Morgan fingerprint density at radius 2 is 2.05 bits per heavy atom. The first-order chi connectivity index (χ1) is 8.65. The number of alkyl halides is 3. The first-order valence-electron chi connectivity index (χ1n) is 4.87. The van der Waals surface area contributed by atoms with Crippen LogP contribution >= 0.6 is 11.3 Å². The topological polar surface area (TPSA) is 78.0 Å². The Kier molecular flexibility index (Phi) is 3.41. The van der Waals surface area contributed by atoms with Crippen molar-refractivity contribution in [2.24, 2.45) is 5.14 Å². The quantitative estimate of drug-likeness (QED) is 0.939. The van der Waals surface area contributed by atoms with E-state index in [0.29, 0.717) is 10.4 Å². The standard InChI is InChI=1S/C9H8F3N3O2S2/c10-9(11,12)5-15-4-6(3-14-15)7-1-2-8(18-7)19(13,16)17/h1-4H,5H2,(H2,13,16,17). The van der Waals surface area contributed by atoms with Crippen molar-refractivity contribution in [1.82, 2.24) is 9.78 Å². The highest BCUT2D eigenvalue weighted by molar-refractivity contribution is 7.91. The van der Waals surface area contributed by atoms with E-state index in [2.05, 4.69) is 5.10 Å². The molecule has 0 fully saturated rings. The summed E-state index contributed by atoms with van der Waals surface area (Å²) in [5.74, 6) is 0. The lowest BCUT2D eigenvalue weighted by Crippen LogP contribution is -2.17. The zero-order valence-electron chi connectivity index (χ0n) is 9.26. The fraction of sp³-hybridized carbons (Fsp3) is 0.222. The molecule has 0 unspecified atom stereocenters. The Morgan fingerprint density at radius 3 is 2.58 bits per heavy atom. The maximum atomic E-state index is 12.2. The first-order valence-corrected chi connectivity index (χ1v) is 7.24. The molecule has 5 nitrogen and oxygen atoms in total. The van der Waals surface area contributed by atoms with Gasteiger partial charge in [0.05, 0.1) is 6.20 Å². The van der Waals surface area contributed by atoms with Gasteiger partial charge < -0.3 is 0 Å². The molecule has 19 heavy (non-hydrogen) atoms. The van der Waals surface area contributed by atoms with E-state index in [9.17, 15) is 21.6 Å². The van der Waals surface area contributed by atoms with E-state index in [0.717, 1.165) is 16.0 Å². The van der Waals surface area contributed by atoms with Crippen molar-refractivity contribution in [2.75, 3.05) is 0 Å². The molecule has 2 N–H and O–H groups in total. The number of nitrogens with two attached hydrogens (primary N) is 1. The molecule has 0 aliphatic rings. The second-order valence-electron chi connectivity index (χ2n) is 3.71. The third-order valence-electron chi connectivity index (χ3n) is 2.12. The van der Waals surface area contributed by atoms with Crippen molar-refractivity contribution >= 4 is 21.4 Å². The van der Waals surface area contributed by atoms with Crippen LogP contribution in [-0.4, -0.2) is 24.4 Å². The summed E-state index contributed by atoms with van der Waals surface area (Å²) in [5, 5.41) is 8.52. The van der Waals surface area contributed by atoms with E-state index in [4.69, 9.17) is 5.14 Å². The molecule has 0 saturated heterocycles. The normalized spacial score (nSPS) is 12.8. The Labute approximate surface area is 110 Å². The maximum absolute atomic E-state index is 12.2. The molecule has 0 atom stereocenters. The van der Waals surface area contributed by atoms with Crippen LogP contribution in [0.5, 0.6) is 0 Å². The molecule has 0 aromatic carbocycles. The molecule has 0 aliphatic carbocycles. The molecule has 0 amide bonds. The summed E-state index contributed by atoms with van der Waals surface area (Å²) in [6.45, 7) is -1.19. The summed E-state index contributed by atoms with van der Waals surface area (Å²) in [7, 11) is -3.80. The molecule has 2 aromatic rings. The number of rotatable bonds is 3. The Balaban J connectivity index is 2.26. The van der Waals surface area contributed by atoms with E-state index >= 15 is 0 Å². The Bertz CT molecular complexity index is 688. The summed E-state index contributed by atoms with van der Waals surface area (Å²) >= 11 is 0.877. The zero-order valence-corrected chi connectivity index (χ0v) is 10.9. The number of halogens is 3. The smallest absolute Gasteiger partial charge is 0.263 e. The lowest BCUT2D eigenvalue weighted by atomic mass is 10.3. The molecule has 0 spiro atoms. The van der Waals surface area contributed by atoms with Crippen LogP contribution < -0.4 is 5.14 Å². The molecule has 2 heterocycles. The molecule has 0 aliphatic heterocycles. The SMILES string of the molecule is NS(=O)(=O)c1ccc(-c2cnn(CC(F)(F)F)c2)s1. The van der Waals surface area contributed by atoms with Crippen molar-refractivity contribution in [1.29, 1.82) is 0 Å². The average molecular weight is 311 g/mol. The number of nitrogens with zero attached hydrogens (tertiary/aromatic N) is 2. The minimum atomic E-state index is -4.36. The number of primary sulfonamides is 1. The molecule has 0 bridgehead atoms. The van der Waals surface area contributed by atoms with E-state index in [1.807, 2.05) is 0 Å². The number of hydrogen-bond donors (Lipinski definition) is 1. The third kappa shape index (κ3) is 3.55. The summed E-state index contributed by atoms with van der Waals surface area (Å²) in [6.07, 6.45) is -1.92. The van der Waals surface area contributed by atoms with Crippen molar-refractivity contribution in [3.05, 3.63) is 24.5 Å². The van der Waals surface area contributed by atoms with E-state index in [1.165, 1.54) is 24.5 Å². The van der Waals surface area contributed by atoms with Crippen molar-refractivity contribution in [3.63, 3.8) is 0 Å². The molecule has 2 rings (SSSR count). The molecule has 104 valence electrons. The van der Waals surface area contributed by atoms with E-state index in [1.54, 1.807) is 0 Å². The maximum Gasteiger partial charge on any atom is 0.408 e. The molecular formula is C9H8F3N3O2S2. The van der Waals surface area contributed by atoms with E-state index < -0.39 is 22.7 Å². The van der Waals surface area contributed by atoms with Crippen LogP contribution in [0.2, 0.25) is 0 Å². The van der Waals surface area contributed by atoms with Gasteiger partial charge in [0.1, 0.15) is 10.8 Å². The minimum Gasteiger partial charge on any atom is -0.263 e. The lowest BCUT2D eigenvalue weighted by molar-refractivity contribution is -0.142. The highest BCUT2D eigenvalue weighted by Crippen LogP contribution is 2.30. The van der Waals surface area contributed by atoms with E-state index in [-0.39, 0.29) is 4.21 Å². The summed E-state index contributed by atoms with van der Waals surface area (Å²) < 4.78 is 59.3. The van der Waals surface area contributed by atoms with Crippen molar-refractivity contribution < 1.29 is 21.6 Å². The van der Waals surface area contributed by atoms with Gasteiger partial charge in [-0.1, -0.05) is 0 Å². The number of thiophene rings is 1. The molecule has 0 radical (unpaired) electrons. The van der Waals surface area contributed by atoms with Crippen LogP contribution in [0.25, 0.3) is 10.4 Å². The van der Waals surface area contributed by atoms with Crippen molar-refractivity contribution in [2.45, 2.75) is 16.9 Å². The highest BCUT2D eigenvalue weighted by atomic mass is 32.2. The van der Waals surface area contributed by atoms with Crippen LogP contribution in [0.1, 0.15) is 0 Å². The fourth-order valence-electron chi connectivity index (χ4n) is 1.39. The Hall–Kier alpha value is -1.39. The lowest BCUT2D eigenvalue weighted by Gasteiger charge is -2.04. The molecular weight excluding hydrogens is 303 g/mol. The highest BCUT2D eigenvalue weighted by Gasteiger charge is 2.28. The monoisotopic (exact) mass is 311 g/mol. The van der Waals surface area contributed by atoms with Crippen LogP contribution in [-0.2, 0) is 16.6 Å². The van der Waals surface area contributed by atoms with Gasteiger partial charge in [0.15, 0.2) is 0 Å². The van der Waals surface area contributed by atoms with Gasteiger partial charge in [-0.3, -0.25) is 4.68 Å². The van der Waals surface area contributed by atoms with Gasteiger partial charge in [0.25, 0.3) is 0 Å². The second kappa shape index (κ2) is 4.62. The zero-order chi connectivity index (χ0) is 14.3. The predicted octanol–water partition coefficient (Wildman–Crippen LogP) is 1.82. The number of hydrogen-bond acceptors (Lipinski definition) is 4. The third-order valence-corrected chi connectivity index (χ3v) is 4.69. The van der Waals surface area contributed by atoms with Gasteiger partial charge >= 0.3 is 6.18 Å². The van der Waals surface area contributed by atoms with Gasteiger partial charge in [-0.25, -0.2) is 13.6 Å². The average Bonchev–Trinajstić information content (AvgIpc) is 2.80. The molecule has 10 heteroatoms. The van der Waals surface area contributed by atoms with Crippen molar-refractivity contribution in [3.8, 4) is 10.4 Å². The predicted molar refractivity (Wildman–Crippen MR) is 63.0 cm³/mol. The second-order valence-corrected chi connectivity index (χ2v) is 6.58. The largest absolute Gasteiger partial charge is 0.408 e. The van der Waals surface area contributed by atoms with Crippen LogP contribution in [0, 0.1) is 0 Å². The van der Waals surface area contributed by atoms with Crippen LogP contribution in [0.15, 0.2) is 28.7 Å². The minimum absolute atomic E-state index is 0.0499. The van der Waals surface area contributed by atoms with Crippen LogP contribution in [0.3, 0.4) is 0 Å². The van der Waals surface area contributed by atoms with Gasteiger partial charge in [-0.05, 0) is 12.1 Å². The summed E-state index contributed by atoms with van der Waals surface area (Å²) in [4.78, 5) is 0.484. The van der Waals surface area contributed by atoms with Gasteiger partial charge in [0, 0.05) is 16.6 Å². The molecule has 2 aromatic heterocycles. The number of aromatic nitrogens is 2. The molecule has 0 saturated carbocycles. The van der Waals surface area contributed by atoms with Gasteiger partial charge in [-0.2, -0.15) is 18.3 Å². The Morgan fingerprint density at radius 1 is 1.37 bits per heavy atom. The van der Waals surface area contributed by atoms with Gasteiger partial charge in [0.2, 0.25) is 10.0 Å². The fourth-order valence-corrected chi connectivity index (χ4v) is 3.09. The first kappa shape index (κ1) is 14.0.